The minimum Gasteiger partial charge on any atom is -0.311 e. The molecule has 3 aliphatic heterocycles. The largest absolute Gasteiger partial charge is 0.311 e. The van der Waals surface area contributed by atoms with Crippen LogP contribution in [0.15, 0.2) is 23.4 Å². The van der Waals surface area contributed by atoms with Gasteiger partial charge in [0.1, 0.15) is 0 Å². The highest BCUT2D eigenvalue weighted by Crippen LogP contribution is 2.23. The van der Waals surface area contributed by atoms with Crippen LogP contribution in [0.3, 0.4) is 0 Å². The van der Waals surface area contributed by atoms with Crippen LogP contribution in [0.2, 0.25) is 0 Å². The fourth-order valence-electron chi connectivity index (χ4n) is 2.69. The molecule has 0 aromatic rings. The number of nitrogens with one attached hydrogen (secondary N) is 1. The van der Waals surface area contributed by atoms with Crippen LogP contribution in [0.1, 0.15) is 19.3 Å². The Morgan fingerprint density at radius 1 is 1.44 bits per heavy atom. The first-order valence-electron chi connectivity index (χ1n) is 6.55. The summed E-state index contributed by atoms with van der Waals surface area (Å²) in [5.74, 6) is 0.189. The first-order valence-corrected chi connectivity index (χ1v) is 6.55. The number of carbonyl (C=O) groups excluding carboxylic acids is 1. The summed E-state index contributed by atoms with van der Waals surface area (Å²) in [6.07, 6.45) is 6.69. The van der Waals surface area contributed by atoms with Gasteiger partial charge in [0.15, 0.2) is 6.23 Å². The molecular weight excluding hydrogens is 230 g/mol. The summed E-state index contributed by atoms with van der Waals surface area (Å²) in [6, 6.07) is 0. The molecule has 1 saturated heterocycles. The summed E-state index contributed by atoms with van der Waals surface area (Å²) in [5, 5.41) is 0. The van der Waals surface area contributed by atoms with E-state index in [1.54, 1.807) is 4.90 Å². The zero-order chi connectivity index (χ0) is 12.5. The maximum Gasteiger partial charge on any atom is 0.224 e. The van der Waals surface area contributed by atoms with E-state index in [-0.39, 0.29) is 12.1 Å². The van der Waals surface area contributed by atoms with Gasteiger partial charge in [0, 0.05) is 26.1 Å². The van der Waals surface area contributed by atoms with Gasteiger partial charge in [0.25, 0.3) is 0 Å². The van der Waals surface area contributed by atoms with Crippen LogP contribution in [-0.4, -0.2) is 48.6 Å². The van der Waals surface area contributed by atoms with Gasteiger partial charge in [0.05, 0.1) is 5.70 Å². The topological polar surface area (TPSA) is 44.8 Å². The molecule has 1 atom stereocenters. The Bertz CT molecular complexity index is 416. The first-order chi connectivity index (χ1) is 8.74. The number of likely N-dealkylation sites (tertiary alicyclic amines) is 1. The molecule has 0 radical (unpaired) electrons. The number of nitrogens with zero attached hydrogens (tertiary/aromatic N) is 2. The zero-order valence-corrected chi connectivity index (χ0v) is 10.7. The normalized spacial score (nSPS) is 29.3. The van der Waals surface area contributed by atoms with Crippen molar-refractivity contribution >= 4 is 5.91 Å². The summed E-state index contributed by atoms with van der Waals surface area (Å²) >= 11 is 0. The van der Waals surface area contributed by atoms with Crippen molar-refractivity contribution in [3.8, 4) is 0 Å². The lowest BCUT2D eigenvalue weighted by atomic mass is 10.1. The lowest BCUT2D eigenvalue weighted by molar-refractivity contribution is -0.139. The van der Waals surface area contributed by atoms with Crippen molar-refractivity contribution in [3.63, 3.8) is 0 Å². The number of hydrogen-bond donors (Lipinski definition) is 1. The van der Waals surface area contributed by atoms with Crippen LogP contribution in [0.5, 0.6) is 0 Å². The van der Waals surface area contributed by atoms with E-state index in [0.29, 0.717) is 6.42 Å². The Morgan fingerprint density at radius 3 is 3.06 bits per heavy atom. The van der Waals surface area contributed by atoms with E-state index < -0.39 is 0 Å². The van der Waals surface area contributed by atoms with Crippen LogP contribution < -0.4 is 5.48 Å². The fourth-order valence-corrected chi connectivity index (χ4v) is 2.69. The van der Waals surface area contributed by atoms with E-state index in [4.69, 9.17) is 4.84 Å². The van der Waals surface area contributed by atoms with Crippen molar-refractivity contribution < 1.29 is 9.63 Å². The second-order valence-corrected chi connectivity index (χ2v) is 5.14. The van der Waals surface area contributed by atoms with Crippen molar-refractivity contribution in [2.75, 3.05) is 26.7 Å². The van der Waals surface area contributed by atoms with E-state index in [0.717, 1.165) is 38.2 Å². The van der Waals surface area contributed by atoms with Crippen LogP contribution in [0.25, 0.3) is 0 Å². The Morgan fingerprint density at radius 2 is 2.33 bits per heavy atom. The average molecular weight is 249 g/mol. The molecule has 5 nitrogen and oxygen atoms in total. The third kappa shape index (κ3) is 2.15. The first kappa shape index (κ1) is 11.7. The maximum absolute atomic E-state index is 11.7. The summed E-state index contributed by atoms with van der Waals surface area (Å²) in [4.78, 5) is 21.3. The molecule has 5 heteroatoms. The molecule has 3 heterocycles. The molecule has 0 saturated carbocycles. The van der Waals surface area contributed by atoms with Gasteiger partial charge in [-0.1, -0.05) is 6.08 Å². The lowest BCUT2D eigenvalue weighted by Crippen LogP contribution is -2.36. The zero-order valence-electron chi connectivity index (χ0n) is 10.7. The number of rotatable bonds is 2. The van der Waals surface area contributed by atoms with Crippen molar-refractivity contribution in [2.45, 2.75) is 25.5 Å². The number of hydroxylamine groups is 1. The van der Waals surface area contributed by atoms with Gasteiger partial charge in [-0.15, -0.1) is 0 Å². The number of amides is 1. The van der Waals surface area contributed by atoms with E-state index in [2.05, 4.69) is 23.5 Å². The van der Waals surface area contributed by atoms with Crippen molar-refractivity contribution in [1.29, 1.82) is 0 Å². The molecule has 0 aliphatic carbocycles. The highest BCUT2D eigenvalue weighted by atomic mass is 16.7. The van der Waals surface area contributed by atoms with E-state index in [9.17, 15) is 4.79 Å². The lowest BCUT2D eigenvalue weighted by Gasteiger charge is -2.23. The number of likely N-dealkylation sites (N-methyl/N-ethyl adjacent to an activating group) is 1. The molecule has 18 heavy (non-hydrogen) atoms. The van der Waals surface area contributed by atoms with E-state index >= 15 is 0 Å². The van der Waals surface area contributed by atoms with Gasteiger partial charge >= 0.3 is 0 Å². The van der Waals surface area contributed by atoms with Crippen molar-refractivity contribution in [2.24, 2.45) is 0 Å². The maximum atomic E-state index is 11.7. The monoisotopic (exact) mass is 249 g/mol. The predicted octanol–water partition coefficient (Wildman–Crippen LogP) is 0.615. The molecule has 0 spiro atoms. The second-order valence-electron chi connectivity index (χ2n) is 5.14. The van der Waals surface area contributed by atoms with Crippen LogP contribution in [0, 0.1) is 0 Å². The molecule has 1 N–H and O–H groups in total. The molecular formula is C13H19N3O2. The molecule has 0 bridgehead atoms. The predicted molar refractivity (Wildman–Crippen MR) is 67.2 cm³/mol. The number of carbonyl (C=O) groups is 1. The van der Waals surface area contributed by atoms with Gasteiger partial charge in [-0.25, -0.2) is 4.84 Å². The Hall–Kier alpha value is -1.33. The van der Waals surface area contributed by atoms with Crippen molar-refractivity contribution in [1.82, 2.24) is 15.3 Å². The summed E-state index contributed by atoms with van der Waals surface area (Å²) in [5.41, 5.74) is 5.25. The highest BCUT2D eigenvalue weighted by molar-refractivity contribution is 5.78. The minimum atomic E-state index is -0.233. The third-order valence-electron chi connectivity index (χ3n) is 3.70. The Balaban J connectivity index is 1.71. The summed E-state index contributed by atoms with van der Waals surface area (Å²) in [6.45, 7) is 2.84. The van der Waals surface area contributed by atoms with Crippen LogP contribution in [-0.2, 0) is 9.63 Å². The van der Waals surface area contributed by atoms with Crippen LogP contribution in [0.4, 0.5) is 0 Å². The Kier molecular flexibility index (Phi) is 3.09. The molecule has 1 unspecified atom stereocenters. The van der Waals surface area contributed by atoms with Crippen molar-refractivity contribution in [3.05, 3.63) is 23.4 Å². The summed E-state index contributed by atoms with van der Waals surface area (Å²) in [7, 11) is 2.12. The minimum absolute atomic E-state index is 0.189. The van der Waals surface area contributed by atoms with Gasteiger partial charge in [-0.05, 0) is 31.5 Å². The quantitative estimate of drug-likeness (QED) is 0.779. The SMILES string of the molecule is CN1CCC=C(C2=CC(N3CCCC3=O)ON2)C1. The second kappa shape index (κ2) is 4.74. The standard InChI is InChI=1S/C13H19N3O2/c1-15-6-2-4-10(9-15)11-8-13(18-14-11)16-7-3-5-12(16)17/h4,8,13-14H,2-3,5-7,9H2,1H3. The van der Waals surface area contributed by atoms with Gasteiger partial charge in [-0.2, -0.15) is 0 Å². The van der Waals surface area contributed by atoms with Gasteiger partial charge in [-0.3, -0.25) is 10.3 Å². The highest BCUT2D eigenvalue weighted by Gasteiger charge is 2.31. The van der Waals surface area contributed by atoms with Crippen LogP contribution >= 0.6 is 0 Å². The molecule has 1 fully saturated rings. The number of hydrogen-bond acceptors (Lipinski definition) is 4. The molecule has 3 aliphatic rings. The average Bonchev–Trinajstić information content (AvgIpc) is 2.97. The fraction of sp³-hybridized carbons (Fsp3) is 0.615. The smallest absolute Gasteiger partial charge is 0.224 e. The third-order valence-corrected chi connectivity index (χ3v) is 3.70. The molecule has 0 aromatic heterocycles. The Labute approximate surface area is 107 Å². The molecule has 98 valence electrons. The molecule has 3 rings (SSSR count). The van der Waals surface area contributed by atoms with Gasteiger partial charge < -0.3 is 9.80 Å². The summed E-state index contributed by atoms with van der Waals surface area (Å²) < 4.78 is 0. The van der Waals surface area contributed by atoms with E-state index in [1.165, 1.54) is 5.57 Å². The van der Waals surface area contributed by atoms with Gasteiger partial charge in [0.2, 0.25) is 5.91 Å². The molecule has 1 amide bonds. The molecule has 0 aromatic carbocycles. The van der Waals surface area contributed by atoms with E-state index in [1.807, 2.05) is 6.08 Å².